The number of aliphatic hydroxyl groups excluding tert-OH is 1. The van der Waals surface area contributed by atoms with Crippen molar-refractivity contribution in [3.8, 4) is 0 Å². The highest BCUT2D eigenvalue weighted by Crippen LogP contribution is 2.24. The smallest absolute Gasteiger partial charge is 0.0945 e. The quantitative estimate of drug-likeness (QED) is 0.769. The molecule has 0 aliphatic heterocycles. The molecule has 0 amide bonds. The van der Waals surface area contributed by atoms with E-state index in [1.807, 2.05) is 30.3 Å². The van der Waals surface area contributed by atoms with Gasteiger partial charge in [-0.3, -0.25) is 4.90 Å². The van der Waals surface area contributed by atoms with Gasteiger partial charge in [0, 0.05) is 12.6 Å². The van der Waals surface area contributed by atoms with Crippen molar-refractivity contribution in [3.05, 3.63) is 35.9 Å². The number of likely N-dealkylation sites (N-methyl/N-ethyl adjacent to an activating group) is 1. The van der Waals surface area contributed by atoms with Gasteiger partial charge in [-0.05, 0) is 24.4 Å². The summed E-state index contributed by atoms with van der Waals surface area (Å²) < 4.78 is 0. The Morgan fingerprint density at radius 2 is 1.68 bits per heavy atom. The summed E-state index contributed by atoms with van der Waals surface area (Å²) in [6, 6.07) is 10.2. The number of nitrogens with zero attached hydrogens (tertiary/aromatic N) is 1. The number of hydrogen-bond acceptors (Lipinski definition) is 2. The molecule has 0 bridgehead atoms. The highest BCUT2D eigenvalue weighted by atomic mass is 16.3. The molecule has 0 saturated heterocycles. The lowest BCUT2D eigenvalue weighted by Gasteiger charge is -2.35. The van der Waals surface area contributed by atoms with E-state index in [0.717, 1.165) is 25.1 Å². The number of rotatable bonds is 8. The Hall–Kier alpha value is -0.860. The summed E-state index contributed by atoms with van der Waals surface area (Å²) in [5.74, 6) is 0.678. The van der Waals surface area contributed by atoms with E-state index in [1.54, 1.807) is 0 Å². The minimum absolute atomic E-state index is 0.210. The lowest BCUT2D eigenvalue weighted by Crippen LogP contribution is -2.41. The Kier molecular flexibility index (Phi) is 7.11. The number of hydrogen-bond donors (Lipinski definition) is 1. The molecule has 3 atom stereocenters. The van der Waals surface area contributed by atoms with E-state index < -0.39 is 6.10 Å². The van der Waals surface area contributed by atoms with Crippen molar-refractivity contribution in [1.29, 1.82) is 0 Å². The third-order valence-corrected chi connectivity index (χ3v) is 4.04. The van der Waals surface area contributed by atoms with Gasteiger partial charge in [0.15, 0.2) is 0 Å². The predicted octanol–water partition coefficient (Wildman–Crippen LogP) is 3.87. The van der Waals surface area contributed by atoms with E-state index >= 15 is 0 Å². The fourth-order valence-corrected chi connectivity index (χ4v) is 2.58. The molecular weight excluding hydrogens is 234 g/mol. The average Bonchev–Trinajstić information content (AvgIpc) is 2.47. The molecule has 2 nitrogen and oxygen atoms in total. The lowest BCUT2D eigenvalue weighted by atomic mass is 9.97. The van der Waals surface area contributed by atoms with Gasteiger partial charge in [-0.1, -0.05) is 64.4 Å². The van der Waals surface area contributed by atoms with Crippen LogP contribution in [0.3, 0.4) is 0 Å². The Morgan fingerprint density at radius 3 is 2.16 bits per heavy atom. The van der Waals surface area contributed by atoms with Crippen LogP contribution in [-0.4, -0.2) is 29.1 Å². The summed E-state index contributed by atoms with van der Waals surface area (Å²) in [6.07, 6.45) is 1.77. The van der Waals surface area contributed by atoms with Gasteiger partial charge in [0.2, 0.25) is 0 Å². The first-order chi connectivity index (χ1) is 9.13. The van der Waals surface area contributed by atoms with Crippen molar-refractivity contribution >= 4 is 0 Å². The molecule has 0 aliphatic rings. The van der Waals surface area contributed by atoms with Gasteiger partial charge in [-0.2, -0.15) is 0 Å². The normalized spacial score (nSPS) is 16.3. The molecule has 0 spiro atoms. The summed E-state index contributed by atoms with van der Waals surface area (Å²) in [7, 11) is 0. The van der Waals surface area contributed by atoms with Crippen LogP contribution in [0.15, 0.2) is 30.3 Å². The van der Waals surface area contributed by atoms with Gasteiger partial charge in [-0.15, -0.1) is 0 Å². The van der Waals surface area contributed by atoms with E-state index in [0.29, 0.717) is 5.92 Å². The zero-order chi connectivity index (χ0) is 14.3. The molecule has 3 unspecified atom stereocenters. The molecule has 1 rings (SSSR count). The molecule has 0 aliphatic carbocycles. The van der Waals surface area contributed by atoms with Crippen LogP contribution in [0.5, 0.6) is 0 Å². The van der Waals surface area contributed by atoms with Gasteiger partial charge in [0.05, 0.1) is 6.10 Å². The SMILES string of the molecule is CCC(C)CN(CC)C(CC)C(O)c1ccccc1. The van der Waals surface area contributed by atoms with Crippen molar-refractivity contribution < 1.29 is 5.11 Å². The molecule has 2 heteroatoms. The van der Waals surface area contributed by atoms with E-state index in [2.05, 4.69) is 32.6 Å². The first-order valence-electron chi connectivity index (χ1n) is 7.60. The maximum atomic E-state index is 10.6. The van der Waals surface area contributed by atoms with Crippen LogP contribution in [0.25, 0.3) is 0 Å². The van der Waals surface area contributed by atoms with E-state index in [4.69, 9.17) is 0 Å². The Balaban J connectivity index is 2.79. The molecule has 19 heavy (non-hydrogen) atoms. The summed E-state index contributed by atoms with van der Waals surface area (Å²) >= 11 is 0. The predicted molar refractivity (Wildman–Crippen MR) is 82.2 cm³/mol. The Bertz CT molecular complexity index is 338. The molecule has 0 radical (unpaired) electrons. The third kappa shape index (κ3) is 4.63. The van der Waals surface area contributed by atoms with Gasteiger partial charge >= 0.3 is 0 Å². The van der Waals surface area contributed by atoms with Crippen molar-refractivity contribution in [2.75, 3.05) is 13.1 Å². The maximum Gasteiger partial charge on any atom is 0.0945 e. The third-order valence-electron chi connectivity index (χ3n) is 4.04. The van der Waals surface area contributed by atoms with Gasteiger partial charge in [0.1, 0.15) is 0 Å². The lowest BCUT2D eigenvalue weighted by molar-refractivity contribution is 0.0406. The second kappa shape index (κ2) is 8.34. The number of aliphatic hydroxyl groups is 1. The average molecular weight is 263 g/mol. The molecule has 108 valence electrons. The van der Waals surface area contributed by atoms with Crippen LogP contribution < -0.4 is 0 Å². The fraction of sp³-hybridized carbons (Fsp3) is 0.647. The standard InChI is InChI=1S/C17H29NO/c1-5-14(4)13-18(7-3)16(6-2)17(19)15-11-9-8-10-12-15/h8-12,14,16-17,19H,5-7,13H2,1-4H3. The van der Waals surface area contributed by atoms with Gasteiger partial charge < -0.3 is 5.11 Å². The minimum atomic E-state index is -0.393. The molecule has 1 N–H and O–H groups in total. The molecule has 0 fully saturated rings. The second-order valence-electron chi connectivity index (χ2n) is 5.43. The Morgan fingerprint density at radius 1 is 1.05 bits per heavy atom. The molecular formula is C17H29NO. The van der Waals surface area contributed by atoms with Crippen LogP contribution in [0.2, 0.25) is 0 Å². The zero-order valence-corrected chi connectivity index (χ0v) is 12.8. The molecule has 1 aromatic carbocycles. The summed E-state index contributed by atoms with van der Waals surface area (Å²) in [4.78, 5) is 2.42. The molecule has 0 saturated carbocycles. The minimum Gasteiger partial charge on any atom is -0.387 e. The summed E-state index contributed by atoms with van der Waals surface area (Å²) in [5, 5.41) is 10.6. The van der Waals surface area contributed by atoms with Crippen LogP contribution in [0.4, 0.5) is 0 Å². The summed E-state index contributed by atoms with van der Waals surface area (Å²) in [5.41, 5.74) is 1.02. The highest BCUT2D eigenvalue weighted by Gasteiger charge is 2.25. The molecule has 1 aromatic rings. The van der Waals surface area contributed by atoms with Crippen molar-refractivity contribution in [1.82, 2.24) is 4.90 Å². The van der Waals surface area contributed by atoms with Crippen molar-refractivity contribution in [3.63, 3.8) is 0 Å². The van der Waals surface area contributed by atoms with E-state index in [9.17, 15) is 5.11 Å². The second-order valence-corrected chi connectivity index (χ2v) is 5.43. The molecule has 0 aromatic heterocycles. The largest absolute Gasteiger partial charge is 0.387 e. The zero-order valence-electron chi connectivity index (χ0n) is 12.8. The van der Waals surface area contributed by atoms with Crippen LogP contribution >= 0.6 is 0 Å². The van der Waals surface area contributed by atoms with Crippen LogP contribution in [-0.2, 0) is 0 Å². The van der Waals surface area contributed by atoms with Crippen molar-refractivity contribution in [2.45, 2.75) is 52.7 Å². The van der Waals surface area contributed by atoms with Crippen LogP contribution in [0, 0.1) is 5.92 Å². The summed E-state index contributed by atoms with van der Waals surface area (Å²) in [6.45, 7) is 10.9. The Labute approximate surface area is 118 Å². The van der Waals surface area contributed by atoms with E-state index in [1.165, 1.54) is 6.42 Å². The van der Waals surface area contributed by atoms with Crippen molar-refractivity contribution in [2.24, 2.45) is 5.92 Å². The van der Waals surface area contributed by atoms with Gasteiger partial charge in [-0.25, -0.2) is 0 Å². The van der Waals surface area contributed by atoms with E-state index in [-0.39, 0.29) is 6.04 Å². The topological polar surface area (TPSA) is 23.5 Å². The highest BCUT2D eigenvalue weighted by molar-refractivity contribution is 5.18. The maximum absolute atomic E-state index is 10.6. The first-order valence-corrected chi connectivity index (χ1v) is 7.60. The number of benzene rings is 1. The fourth-order valence-electron chi connectivity index (χ4n) is 2.58. The molecule has 0 heterocycles. The van der Waals surface area contributed by atoms with Crippen LogP contribution in [0.1, 0.15) is 52.2 Å². The van der Waals surface area contributed by atoms with Gasteiger partial charge in [0.25, 0.3) is 0 Å². The monoisotopic (exact) mass is 263 g/mol. The first kappa shape index (κ1) is 16.2.